The molecule has 4 heteroatoms. The highest BCUT2D eigenvalue weighted by atomic mass is 32.2. The van der Waals surface area contributed by atoms with Crippen molar-refractivity contribution in [3.63, 3.8) is 0 Å². The molecule has 9 heavy (non-hydrogen) atoms. The number of nitrogens with zero attached hydrogens (tertiary/aromatic N) is 3. The van der Waals surface area contributed by atoms with Gasteiger partial charge < -0.3 is 0 Å². The van der Waals surface area contributed by atoms with Crippen molar-refractivity contribution in [3.05, 3.63) is 6.20 Å². The van der Waals surface area contributed by atoms with Gasteiger partial charge in [-0.1, -0.05) is 5.21 Å². The van der Waals surface area contributed by atoms with Crippen LogP contribution in [0.25, 0.3) is 0 Å². The minimum Gasteiger partial charge on any atom is -0.252 e. The second kappa shape index (κ2) is 2.87. The van der Waals surface area contributed by atoms with Crippen LogP contribution in [0.3, 0.4) is 0 Å². The third-order valence-corrected chi connectivity index (χ3v) is 1.66. The molecule has 0 saturated carbocycles. The first kappa shape index (κ1) is 6.61. The van der Waals surface area contributed by atoms with E-state index in [9.17, 15) is 0 Å². The van der Waals surface area contributed by atoms with Gasteiger partial charge in [-0.3, -0.25) is 4.68 Å². The molecule has 0 aliphatic carbocycles. The van der Waals surface area contributed by atoms with Crippen LogP contribution in [0.4, 0.5) is 0 Å². The molecule has 1 heterocycles. The van der Waals surface area contributed by atoms with Gasteiger partial charge in [0.25, 0.3) is 0 Å². The van der Waals surface area contributed by atoms with E-state index in [-0.39, 0.29) is 0 Å². The summed E-state index contributed by atoms with van der Waals surface area (Å²) in [5.41, 5.74) is 0. The average molecular weight is 143 g/mol. The van der Waals surface area contributed by atoms with E-state index in [0.29, 0.717) is 0 Å². The molecule has 0 N–H and O–H groups in total. The molecule has 0 saturated heterocycles. The Morgan fingerprint density at radius 3 is 2.89 bits per heavy atom. The highest BCUT2D eigenvalue weighted by Gasteiger charge is 1.93. The lowest BCUT2D eigenvalue weighted by Gasteiger charge is -1.86. The van der Waals surface area contributed by atoms with Crippen LogP contribution < -0.4 is 0 Å². The molecule has 1 rings (SSSR count). The number of aryl methyl sites for hydroxylation is 1. The standard InChI is InChI=1S/C5H9N3S/c1-3-8-4-5(9-2)6-7-8/h4H,3H2,1-2H3. The molecule has 3 nitrogen and oxygen atoms in total. The van der Waals surface area contributed by atoms with Gasteiger partial charge in [0, 0.05) is 6.54 Å². The lowest BCUT2D eigenvalue weighted by atomic mass is 10.7. The van der Waals surface area contributed by atoms with E-state index in [1.165, 1.54) is 0 Å². The van der Waals surface area contributed by atoms with E-state index in [0.717, 1.165) is 11.6 Å². The minimum absolute atomic E-state index is 0.896. The first-order valence-corrected chi connectivity index (χ1v) is 4.03. The predicted octanol–water partition coefficient (Wildman–Crippen LogP) is 1.02. The van der Waals surface area contributed by atoms with Crippen LogP contribution in [0.2, 0.25) is 0 Å². The summed E-state index contributed by atoms with van der Waals surface area (Å²) in [5, 5.41) is 8.72. The van der Waals surface area contributed by atoms with Crippen molar-refractivity contribution in [2.45, 2.75) is 18.5 Å². The minimum atomic E-state index is 0.896. The van der Waals surface area contributed by atoms with Crippen molar-refractivity contribution in [2.24, 2.45) is 0 Å². The average Bonchev–Trinajstić information content (AvgIpc) is 2.34. The quantitative estimate of drug-likeness (QED) is 0.579. The Bertz CT molecular complexity index is 166. The fraction of sp³-hybridized carbons (Fsp3) is 0.600. The number of rotatable bonds is 2. The molecular weight excluding hydrogens is 134 g/mol. The Morgan fingerprint density at radius 1 is 1.78 bits per heavy atom. The van der Waals surface area contributed by atoms with Crippen LogP contribution in [0.1, 0.15) is 6.92 Å². The molecule has 0 aliphatic rings. The van der Waals surface area contributed by atoms with E-state index >= 15 is 0 Å². The van der Waals surface area contributed by atoms with Crippen LogP contribution in [0.15, 0.2) is 11.2 Å². The monoisotopic (exact) mass is 143 g/mol. The van der Waals surface area contributed by atoms with Crippen LogP contribution in [-0.2, 0) is 6.54 Å². The second-order valence-electron chi connectivity index (χ2n) is 1.62. The number of hydrogen-bond donors (Lipinski definition) is 0. The molecular formula is C5H9N3S. The summed E-state index contributed by atoms with van der Waals surface area (Å²) in [6.07, 6.45) is 3.93. The Hall–Kier alpha value is -0.510. The van der Waals surface area contributed by atoms with Gasteiger partial charge in [-0.05, 0) is 13.2 Å². The molecule has 0 radical (unpaired) electrons. The molecule has 1 aromatic heterocycles. The summed E-state index contributed by atoms with van der Waals surface area (Å²) in [7, 11) is 0. The summed E-state index contributed by atoms with van der Waals surface area (Å²) in [4.78, 5) is 0. The second-order valence-corrected chi connectivity index (χ2v) is 2.44. The van der Waals surface area contributed by atoms with Gasteiger partial charge in [0.05, 0.1) is 6.20 Å². The third-order valence-electron chi connectivity index (χ3n) is 1.05. The maximum atomic E-state index is 3.88. The van der Waals surface area contributed by atoms with E-state index in [4.69, 9.17) is 0 Å². The van der Waals surface area contributed by atoms with E-state index in [1.807, 2.05) is 24.1 Å². The maximum Gasteiger partial charge on any atom is 0.138 e. The van der Waals surface area contributed by atoms with E-state index in [1.54, 1.807) is 11.8 Å². The number of hydrogen-bond acceptors (Lipinski definition) is 3. The van der Waals surface area contributed by atoms with Gasteiger partial charge in [0.2, 0.25) is 0 Å². The molecule has 0 fully saturated rings. The Morgan fingerprint density at radius 2 is 2.56 bits per heavy atom. The Kier molecular flexibility index (Phi) is 2.10. The van der Waals surface area contributed by atoms with Crippen LogP contribution in [0.5, 0.6) is 0 Å². The zero-order valence-electron chi connectivity index (χ0n) is 5.53. The van der Waals surface area contributed by atoms with E-state index < -0.39 is 0 Å². The normalized spacial score (nSPS) is 10.0. The Balaban J connectivity index is 2.74. The summed E-state index contributed by atoms with van der Waals surface area (Å²) in [6.45, 7) is 2.94. The molecule has 50 valence electrons. The zero-order chi connectivity index (χ0) is 6.69. The molecule has 0 aromatic carbocycles. The van der Waals surface area contributed by atoms with E-state index in [2.05, 4.69) is 10.3 Å². The van der Waals surface area contributed by atoms with Gasteiger partial charge in [0.15, 0.2) is 0 Å². The van der Waals surface area contributed by atoms with Crippen LogP contribution in [-0.4, -0.2) is 21.2 Å². The molecule has 1 aromatic rings. The smallest absolute Gasteiger partial charge is 0.138 e. The third kappa shape index (κ3) is 1.45. The molecule has 0 atom stereocenters. The summed E-state index contributed by atoms with van der Waals surface area (Å²) in [6, 6.07) is 0. The topological polar surface area (TPSA) is 30.7 Å². The van der Waals surface area contributed by atoms with Crippen molar-refractivity contribution in [2.75, 3.05) is 6.26 Å². The summed E-state index contributed by atoms with van der Waals surface area (Å²) in [5.74, 6) is 0. The molecule has 0 aliphatic heterocycles. The van der Waals surface area contributed by atoms with Crippen LogP contribution >= 0.6 is 11.8 Å². The molecule has 0 amide bonds. The molecule has 0 bridgehead atoms. The fourth-order valence-electron chi connectivity index (χ4n) is 0.529. The largest absolute Gasteiger partial charge is 0.252 e. The van der Waals surface area contributed by atoms with Gasteiger partial charge in [0.1, 0.15) is 5.03 Å². The fourth-order valence-corrected chi connectivity index (χ4v) is 0.874. The lowest BCUT2D eigenvalue weighted by Crippen LogP contribution is -1.93. The number of aromatic nitrogens is 3. The Labute approximate surface area is 58.4 Å². The van der Waals surface area contributed by atoms with Crippen LogP contribution in [0, 0.1) is 0 Å². The molecule has 0 unspecified atom stereocenters. The zero-order valence-corrected chi connectivity index (χ0v) is 6.35. The van der Waals surface area contributed by atoms with Crippen molar-refractivity contribution in [1.29, 1.82) is 0 Å². The summed E-state index contributed by atoms with van der Waals surface area (Å²) >= 11 is 1.61. The highest BCUT2D eigenvalue weighted by Crippen LogP contribution is 2.07. The first-order chi connectivity index (χ1) is 4.36. The van der Waals surface area contributed by atoms with Gasteiger partial charge in [-0.25, -0.2) is 0 Å². The van der Waals surface area contributed by atoms with Gasteiger partial charge in [-0.2, -0.15) is 0 Å². The van der Waals surface area contributed by atoms with Gasteiger partial charge in [-0.15, -0.1) is 16.9 Å². The first-order valence-electron chi connectivity index (χ1n) is 2.81. The van der Waals surface area contributed by atoms with Crippen molar-refractivity contribution < 1.29 is 0 Å². The molecule has 0 spiro atoms. The van der Waals surface area contributed by atoms with Crippen molar-refractivity contribution in [1.82, 2.24) is 15.0 Å². The van der Waals surface area contributed by atoms with Gasteiger partial charge >= 0.3 is 0 Å². The number of thioether (sulfide) groups is 1. The lowest BCUT2D eigenvalue weighted by molar-refractivity contribution is 0.626. The van der Waals surface area contributed by atoms with Crippen molar-refractivity contribution in [3.8, 4) is 0 Å². The highest BCUT2D eigenvalue weighted by molar-refractivity contribution is 7.98. The summed E-state index contributed by atoms with van der Waals surface area (Å²) < 4.78 is 1.81. The SMILES string of the molecule is CCn1cc(SC)nn1. The maximum absolute atomic E-state index is 3.88. The predicted molar refractivity (Wildman–Crippen MR) is 37.5 cm³/mol. The van der Waals surface area contributed by atoms with Crippen molar-refractivity contribution >= 4 is 11.8 Å².